The number of carbonyl (C=O) groups is 1. The van der Waals surface area contributed by atoms with Crippen molar-refractivity contribution in [3.05, 3.63) is 120 Å². The van der Waals surface area contributed by atoms with Crippen LogP contribution in [-0.2, 0) is 14.8 Å². The minimum absolute atomic E-state index is 0.0285. The summed E-state index contributed by atoms with van der Waals surface area (Å²) in [5, 5.41) is 0. The zero-order chi connectivity index (χ0) is 30.4. The third-order valence-corrected chi connectivity index (χ3v) is 9.37. The second-order valence-electron chi connectivity index (χ2n) is 10.1. The summed E-state index contributed by atoms with van der Waals surface area (Å²) in [6.45, 7) is 1.65. The van der Waals surface area contributed by atoms with Crippen LogP contribution in [0.1, 0.15) is 17.2 Å². The largest absolute Gasteiger partial charge is 0.493 e. The number of carbonyl (C=O) groups excluding carboxylic acids is 1. The Morgan fingerprint density at radius 2 is 1.35 bits per heavy atom. The number of rotatable bonds is 10. The maximum atomic E-state index is 13.9. The Labute approximate surface area is 251 Å². The van der Waals surface area contributed by atoms with Gasteiger partial charge < -0.3 is 14.4 Å². The van der Waals surface area contributed by atoms with Crippen molar-refractivity contribution in [3.63, 3.8) is 0 Å². The molecule has 0 radical (unpaired) electrons. The van der Waals surface area contributed by atoms with Crippen molar-refractivity contribution in [3.8, 4) is 11.5 Å². The molecule has 0 aromatic heterocycles. The summed E-state index contributed by atoms with van der Waals surface area (Å²) < 4.78 is 53.2. The van der Waals surface area contributed by atoms with E-state index >= 15 is 0 Å². The van der Waals surface area contributed by atoms with Crippen molar-refractivity contribution >= 4 is 21.6 Å². The number of hydrogen-bond acceptors (Lipinski definition) is 6. The first kappa shape index (κ1) is 30.1. The Morgan fingerprint density at radius 3 is 1.88 bits per heavy atom. The van der Waals surface area contributed by atoms with Gasteiger partial charge in [-0.05, 0) is 47.5 Å². The molecule has 0 saturated carbocycles. The van der Waals surface area contributed by atoms with E-state index in [4.69, 9.17) is 9.47 Å². The molecule has 4 aromatic rings. The van der Waals surface area contributed by atoms with Gasteiger partial charge in [-0.1, -0.05) is 60.7 Å². The van der Waals surface area contributed by atoms with E-state index in [0.717, 1.165) is 15.4 Å². The van der Waals surface area contributed by atoms with Crippen LogP contribution in [0.15, 0.2) is 108 Å². The van der Waals surface area contributed by atoms with Gasteiger partial charge >= 0.3 is 0 Å². The Morgan fingerprint density at radius 1 is 0.791 bits per heavy atom. The van der Waals surface area contributed by atoms with E-state index in [1.807, 2.05) is 36.4 Å². The van der Waals surface area contributed by atoms with E-state index in [2.05, 4.69) is 29.2 Å². The molecule has 1 heterocycles. The maximum absolute atomic E-state index is 13.9. The molecule has 0 spiro atoms. The fraction of sp³-hybridized carbons (Fsp3) is 0.242. The van der Waals surface area contributed by atoms with Crippen LogP contribution in [0, 0.1) is 5.82 Å². The average molecular weight is 604 g/mol. The summed E-state index contributed by atoms with van der Waals surface area (Å²) in [4.78, 5) is 17.6. The first-order chi connectivity index (χ1) is 20.8. The van der Waals surface area contributed by atoms with Crippen LogP contribution in [0.5, 0.6) is 11.5 Å². The molecule has 5 rings (SSSR count). The van der Waals surface area contributed by atoms with Crippen LogP contribution >= 0.6 is 0 Å². The molecule has 1 saturated heterocycles. The van der Waals surface area contributed by atoms with Crippen molar-refractivity contribution in [2.75, 3.05) is 51.2 Å². The van der Waals surface area contributed by atoms with Gasteiger partial charge in [0, 0.05) is 32.2 Å². The lowest BCUT2D eigenvalue weighted by Crippen LogP contribution is -2.52. The SMILES string of the molecule is COc1ccc(S(=O)(=O)N(CC(=O)N2CCN(C(c3ccccc3)c3ccccc3)CC2)c2ccc(F)cc2)cc1OC. The summed E-state index contributed by atoms with van der Waals surface area (Å²) in [6.07, 6.45) is 0. The van der Waals surface area contributed by atoms with Crippen molar-refractivity contribution in [1.29, 1.82) is 0 Å². The first-order valence-electron chi connectivity index (χ1n) is 13.9. The highest BCUT2D eigenvalue weighted by Crippen LogP contribution is 2.33. The quantitative estimate of drug-likeness (QED) is 0.255. The highest BCUT2D eigenvalue weighted by atomic mass is 32.2. The fourth-order valence-electron chi connectivity index (χ4n) is 5.36. The number of anilines is 1. The van der Waals surface area contributed by atoms with E-state index in [1.54, 1.807) is 4.90 Å². The molecular weight excluding hydrogens is 569 g/mol. The molecule has 43 heavy (non-hydrogen) atoms. The number of halogens is 1. The molecular formula is C33H34FN3O5S. The second-order valence-corrected chi connectivity index (χ2v) is 12.0. The summed E-state index contributed by atoms with van der Waals surface area (Å²) in [6, 6.07) is 29.8. The van der Waals surface area contributed by atoms with Gasteiger partial charge in [-0.15, -0.1) is 0 Å². The molecule has 0 atom stereocenters. The smallest absolute Gasteiger partial charge is 0.264 e. The summed E-state index contributed by atoms with van der Waals surface area (Å²) in [7, 11) is -1.37. The van der Waals surface area contributed by atoms with Crippen LogP contribution in [-0.4, -0.2) is 71.1 Å². The molecule has 0 aliphatic carbocycles. The standard InChI is InChI=1S/C33H34FN3O5S/c1-41-30-18-17-29(23-31(30)42-2)43(39,40)37(28-15-13-27(34)14-16-28)24-32(38)35-19-21-36(22-20-35)33(25-9-5-3-6-10-25)26-11-7-4-8-12-26/h3-18,23,33H,19-22,24H2,1-2H3. The molecule has 1 aliphatic heterocycles. The first-order valence-corrected chi connectivity index (χ1v) is 15.4. The van der Waals surface area contributed by atoms with Crippen molar-refractivity contribution in [1.82, 2.24) is 9.80 Å². The molecule has 10 heteroatoms. The number of sulfonamides is 1. The highest BCUT2D eigenvalue weighted by molar-refractivity contribution is 7.92. The van der Waals surface area contributed by atoms with Gasteiger partial charge in [-0.3, -0.25) is 14.0 Å². The fourth-order valence-corrected chi connectivity index (χ4v) is 6.79. The number of amides is 1. The third kappa shape index (κ3) is 6.65. The lowest BCUT2D eigenvalue weighted by Gasteiger charge is -2.40. The van der Waals surface area contributed by atoms with Crippen LogP contribution < -0.4 is 13.8 Å². The van der Waals surface area contributed by atoms with E-state index in [0.29, 0.717) is 31.9 Å². The number of benzene rings is 4. The van der Waals surface area contributed by atoms with E-state index in [-0.39, 0.29) is 28.3 Å². The topological polar surface area (TPSA) is 79.4 Å². The zero-order valence-electron chi connectivity index (χ0n) is 24.1. The zero-order valence-corrected chi connectivity index (χ0v) is 24.9. The number of piperazine rings is 1. The minimum atomic E-state index is -4.24. The molecule has 224 valence electrons. The minimum Gasteiger partial charge on any atom is -0.493 e. The third-order valence-electron chi connectivity index (χ3n) is 7.60. The van der Waals surface area contributed by atoms with E-state index < -0.39 is 22.4 Å². The summed E-state index contributed by atoms with van der Waals surface area (Å²) >= 11 is 0. The normalized spacial score (nSPS) is 14.0. The summed E-state index contributed by atoms with van der Waals surface area (Å²) in [5.41, 5.74) is 2.50. The molecule has 4 aromatic carbocycles. The number of hydrogen-bond donors (Lipinski definition) is 0. The molecule has 1 aliphatic rings. The van der Waals surface area contributed by atoms with Crippen molar-refractivity contribution in [2.24, 2.45) is 0 Å². The number of nitrogens with zero attached hydrogens (tertiary/aromatic N) is 3. The molecule has 8 nitrogen and oxygen atoms in total. The van der Waals surface area contributed by atoms with Gasteiger partial charge in [0.05, 0.1) is 30.8 Å². The van der Waals surface area contributed by atoms with E-state index in [1.165, 1.54) is 56.7 Å². The number of methoxy groups -OCH3 is 2. The summed E-state index contributed by atoms with van der Waals surface area (Å²) in [5.74, 6) is -0.255. The van der Waals surface area contributed by atoms with Crippen LogP contribution in [0.2, 0.25) is 0 Å². The van der Waals surface area contributed by atoms with Crippen LogP contribution in [0.25, 0.3) is 0 Å². The van der Waals surface area contributed by atoms with Crippen molar-refractivity contribution in [2.45, 2.75) is 10.9 Å². The van der Waals surface area contributed by atoms with E-state index in [9.17, 15) is 17.6 Å². The lowest BCUT2D eigenvalue weighted by atomic mass is 9.96. The maximum Gasteiger partial charge on any atom is 0.264 e. The highest BCUT2D eigenvalue weighted by Gasteiger charge is 2.32. The monoisotopic (exact) mass is 603 g/mol. The van der Waals surface area contributed by atoms with Crippen LogP contribution in [0.3, 0.4) is 0 Å². The number of ether oxygens (including phenoxy) is 2. The van der Waals surface area contributed by atoms with Crippen LogP contribution in [0.4, 0.5) is 10.1 Å². The molecule has 0 unspecified atom stereocenters. The van der Waals surface area contributed by atoms with Gasteiger partial charge in [0.2, 0.25) is 5.91 Å². The Bertz CT molecular complexity index is 1590. The average Bonchev–Trinajstić information content (AvgIpc) is 3.05. The second kappa shape index (κ2) is 13.3. The van der Waals surface area contributed by atoms with Gasteiger partial charge in [-0.25, -0.2) is 12.8 Å². The van der Waals surface area contributed by atoms with Crippen molar-refractivity contribution < 1.29 is 27.1 Å². The Balaban J connectivity index is 1.37. The van der Waals surface area contributed by atoms with Gasteiger partial charge in [-0.2, -0.15) is 0 Å². The van der Waals surface area contributed by atoms with Gasteiger partial charge in [0.25, 0.3) is 10.0 Å². The Hall–Kier alpha value is -4.41. The molecule has 0 N–H and O–H groups in total. The molecule has 1 amide bonds. The Kier molecular flexibility index (Phi) is 9.27. The lowest BCUT2D eigenvalue weighted by molar-refractivity contribution is -0.131. The molecule has 1 fully saturated rings. The van der Waals surface area contributed by atoms with Gasteiger partial charge in [0.15, 0.2) is 11.5 Å². The molecule has 0 bridgehead atoms. The predicted octanol–water partition coefficient (Wildman–Crippen LogP) is 4.97. The predicted molar refractivity (Wildman–Crippen MR) is 163 cm³/mol. The van der Waals surface area contributed by atoms with Gasteiger partial charge in [0.1, 0.15) is 12.4 Å².